The van der Waals surface area contributed by atoms with E-state index in [1.165, 1.54) is 30.0 Å². The number of nitrogens with zero attached hydrogens (tertiary/aromatic N) is 11. The summed E-state index contributed by atoms with van der Waals surface area (Å²) < 4.78 is 0. The van der Waals surface area contributed by atoms with E-state index in [-0.39, 0.29) is 54.1 Å². The van der Waals surface area contributed by atoms with Crippen molar-refractivity contribution >= 4 is 128 Å². The zero-order valence-electron chi connectivity index (χ0n) is 67.2. The molecule has 0 spiro atoms. The van der Waals surface area contributed by atoms with E-state index in [4.69, 9.17) is 34.7 Å². The molecule has 4 aliphatic heterocycles. The van der Waals surface area contributed by atoms with Crippen LogP contribution in [0.25, 0.3) is 53.9 Å². The molecule has 610 valence electrons. The van der Waals surface area contributed by atoms with Gasteiger partial charge in [-0.15, -0.1) is 0 Å². The average Bonchev–Trinajstić information content (AvgIpc) is 0.783. The molecule has 14 rings (SSSR count). The van der Waals surface area contributed by atoms with Crippen molar-refractivity contribution in [1.29, 1.82) is 0 Å². The summed E-state index contributed by atoms with van der Waals surface area (Å²) in [5.41, 5.74) is 19.6. The van der Waals surface area contributed by atoms with Gasteiger partial charge in [-0.05, 0) is 117 Å². The second-order valence-electron chi connectivity index (χ2n) is 26.3. The molecule has 0 bridgehead atoms. The van der Waals surface area contributed by atoms with E-state index in [0.29, 0.717) is 21.2 Å². The smallest absolute Gasteiger partial charge is 0.278 e. The van der Waals surface area contributed by atoms with E-state index in [1.807, 2.05) is 160 Å². The van der Waals surface area contributed by atoms with Gasteiger partial charge < -0.3 is 61.3 Å². The van der Waals surface area contributed by atoms with Crippen molar-refractivity contribution in [1.82, 2.24) is 30.2 Å². The number of piperazine rings is 4. The van der Waals surface area contributed by atoms with Crippen LogP contribution in [0, 0.1) is 37.3 Å². The molecule has 21 nitrogen and oxygen atoms in total. The Hall–Kier alpha value is -9.16. The fourth-order valence-electron chi connectivity index (χ4n) is 12.5. The summed E-state index contributed by atoms with van der Waals surface area (Å²) in [6.45, 7) is 34.6. The van der Waals surface area contributed by atoms with Crippen molar-refractivity contribution in [2.75, 3.05) is 192 Å². The predicted molar refractivity (Wildman–Crippen MR) is 487 cm³/mol. The highest BCUT2D eigenvalue weighted by atomic mass is 35.5. The lowest BCUT2D eigenvalue weighted by Gasteiger charge is -2.35. The number of benzene rings is 10. The van der Waals surface area contributed by atoms with Gasteiger partial charge in [-0.25, -0.2) is 0 Å². The van der Waals surface area contributed by atoms with Crippen LogP contribution in [0.1, 0.15) is 96.1 Å². The summed E-state index contributed by atoms with van der Waals surface area (Å²) in [6, 6.07) is 53.3. The highest BCUT2D eigenvalue weighted by Gasteiger charge is 2.26. The van der Waals surface area contributed by atoms with Crippen molar-refractivity contribution in [3.05, 3.63) is 216 Å². The zero-order chi connectivity index (χ0) is 80.0. The van der Waals surface area contributed by atoms with Crippen LogP contribution in [0.2, 0.25) is 10.0 Å². The number of fused-ring (bicyclic) bond motifs is 5. The largest absolute Gasteiger partial charge is 0.398 e. The van der Waals surface area contributed by atoms with E-state index in [9.17, 15) is 30.3 Å². The average molecular weight is 1570 g/mol. The summed E-state index contributed by atoms with van der Waals surface area (Å²) in [6.07, 6.45) is 2.50. The quantitative estimate of drug-likeness (QED) is 0.0660. The molecule has 4 aliphatic rings. The number of likely N-dealkylation sites (N-methyl/N-ethyl adjacent to an activating group) is 4. The highest BCUT2D eigenvalue weighted by Crippen LogP contribution is 2.42. The topological polar surface area (TPSA) is 231 Å². The maximum absolute atomic E-state index is 11.2. The maximum atomic E-state index is 11.2. The van der Waals surface area contributed by atoms with E-state index in [2.05, 4.69) is 142 Å². The first-order chi connectivity index (χ1) is 52.0. The van der Waals surface area contributed by atoms with Gasteiger partial charge in [0.05, 0.1) is 52.3 Å². The summed E-state index contributed by atoms with van der Waals surface area (Å²) in [5.74, 6) is 0. The molecule has 4 saturated heterocycles. The molecule has 10 aromatic rings. The minimum Gasteiger partial charge on any atom is -0.398 e. The van der Waals surface area contributed by atoms with Gasteiger partial charge in [0.25, 0.3) is 17.1 Å². The van der Waals surface area contributed by atoms with Crippen molar-refractivity contribution in [3.8, 4) is 0 Å². The number of nitro groups is 3. The van der Waals surface area contributed by atoms with Crippen LogP contribution >= 0.6 is 23.2 Å². The van der Waals surface area contributed by atoms with Crippen LogP contribution in [0.15, 0.2) is 170 Å². The summed E-state index contributed by atoms with van der Waals surface area (Å²) in [7, 11) is 16.0. The molecule has 0 radical (unpaired) electrons. The predicted octanol–water partition coefficient (Wildman–Crippen LogP) is 20.2. The van der Waals surface area contributed by atoms with Crippen molar-refractivity contribution < 1.29 is 14.8 Å². The summed E-state index contributed by atoms with van der Waals surface area (Å²) in [4.78, 5) is 50.7. The molecular weight excluding hydrogens is 1430 g/mol. The Morgan fingerprint density at radius 1 is 0.342 bits per heavy atom. The molecule has 10 aromatic carbocycles. The van der Waals surface area contributed by atoms with Gasteiger partial charge in [0.1, 0.15) is 0 Å². The number of nitro benzene ring substituents is 3. The highest BCUT2D eigenvalue weighted by molar-refractivity contribution is 6.36. The third-order valence-electron chi connectivity index (χ3n) is 17.8. The van der Waals surface area contributed by atoms with Gasteiger partial charge in [0.2, 0.25) is 0 Å². The second-order valence-corrected chi connectivity index (χ2v) is 27.1. The number of halogens is 2. The van der Waals surface area contributed by atoms with E-state index in [0.717, 1.165) is 176 Å². The first kappa shape index (κ1) is 99.8. The fraction of sp³-hybridized carbons (Fsp3) is 0.432. The lowest BCUT2D eigenvalue weighted by molar-refractivity contribution is -0.383. The lowest BCUT2D eigenvalue weighted by atomic mass is 10.0. The molecule has 0 unspecified atom stereocenters. The van der Waals surface area contributed by atoms with Crippen LogP contribution < -0.4 is 41.7 Å². The molecule has 0 aromatic heterocycles. The van der Waals surface area contributed by atoms with E-state index in [1.54, 1.807) is 30.3 Å². The first-order valence-electron chi connectivity index (χ1n) is 37.8. The van der Waals surface area contributed by atoms with Crippen molar-refractivity contribution in [2.24, 2.45) is 0 Å². The molecule has 4 fully saturated rings. The molecule has 23 heteroatoms. The number of anilines is 6. The minimum atomic E-state index is -0.373. The summed E-state index contributed by atoms with van der Waals surface area (Å²) >= 11 is 12.8. The summed E-state index contributed by atoms with van der Waals surface area (Å²) in [5, 5.41) is 49.3. The zero-order valence-corrected chi connectivity index (χ0v) is 68.7. The Morgan fingerprint density at radius 3 is 0.937 bits per heavy atom. The van der Waals surface area contributed by atoms with Gasteiger partial charge in [-0.1, -0.05) is 223 Å². The Balaban J connectivity index is 0.000000659. The standard InChI is InChI=1S/C15H16ClN3O2.C15H18ClN3.C15H17N3O2.C15H19N3.C11H9NO2.2C3H8.2C2H7N.2C2H6.3CH4/c1-17-6-8-18(9-7-17)15-12-5-3-2-4-11(12)14(19(20)21)10-13(15)16;1-18-6-8-19(9-7-18)15-12-5-3-2-4-11(12)14(17)10-13(15)16;1-16-8-10-17(11-9-16)14-6-7-15(18(19)20)13-5-3-2-4-12(13)14;1-17-8-10-18(11-9-17)15-7-6-14(16)12-4-2-3-5-13(12)15;1-8-6-7-11(12(13)14)10-5-3-2-4-9(8)10;4*1-3-2;2*1-2;;;/h2-5,10H,6-9H2,1H3;2-5,10H,6-9,17H2,1H3;2-7H,8-11H2,1H3;2-7H,8-11,16H2,1H3;2-7H,1H3;2*3H2,1-2H3;2*3H,1-2H3;2*1-2H3;3*1H4. The van der Waals surface area contributed by atoms with Gasteiger partial charge in [-0.2, -0.15) is 0 Å². The van der Waals surface area contributed by atoms with Crippen LogP contribution in [0.4, 0.5) is 51.2 Å². The molecule has 0 amide bonds. The Kier molecular flexibility index (Phi) is 47.6. The number of non-ortho nitro benzene ring substituents is 3. The van der Waals surface area contributed by atoms with Crippen molar-refractivity contribution in [2.45, 2.75) is 97.4 Å². The number of nitrogens with one attached hydrogen (secondary N) is 2. The maximum Gasteiger partial charge on any atom is 0.278 e. The van der Waals surface area contributed by atoms with Crippen molar-refractivity contribution in [3.63, 3.8) is 0 Å². The minimum absolute atomic E-state index is 0. The number of hydrogen-bond acceptors (Lipinski definition) is 18. The molecule has 4 heterocycles. The monoisotopic (exact) mass is 1570 g/mol. The van der Waals surface area contributed by atoms with Crippen LogP contribution in [-0.4, -0.2) is 195 Å². The van der Waals surface area contributed by atoms with E-state index < -0.39 is 0 Å². The molecule has 6 N–H and O–H groups in total. The fourth-order valence-corrected chi connectivity index (χ4v) is 13.2. The van der Waals surface area contributed by atoms with E-state index >= 15 is 0 Å². The van der Waals surface area contributed by atoms with Crippen LogP contribution in [-0.2, 0) is 0 Å². The molecule has 0 atom stereocenters. The first-order valence-corrected chi connectivity index (χ1v) is 38.6. The van der Waals surface area contributed by atoms with Gasteiger partial charge >= 0.3 is 0 Å². The van der Waals surface area contributed by atoms with Crippen LogP contribution in [0.3, 0.4) is 0 Å². The normalized spacial score (nSPS) is 13.9. The molecule has 0 aliphatic carbocycles. The number of hydrogen-bond donors (Lipinski definition) is 4. The Bertz CT molecular complexity index is 4360. The van der Waals surface area contributed by atoms with Gasteiger partial charge in [0, 0.05) is 178 Å². The van der Waals surface area contributed by atoms with Crippen LogP contribution in [0.5, 0.6) is 0 Å². The molecular formula is C88H133Cl2N15O6. The third-order valence-corrected chi connectivity index (χ3v) is 18.4. The van der Waals surface area contributed by atoms with Gasteiger partial charge in [0.15, 0.2) is 0 Å². The number of nitrogens with two attached hydrogens (primary N) is 2. The van der Waals surface area contributed by atoms with Gasteiger partial charge in [-0.3, -0.25) is 30.3 Å². The second kappa shape index (κ2) is 52.9. The molecule has 111 heavy (non-hydrogen) atoms. The SMILES string of the molecule is C.C.C.CC.CC.CCC.CCC.CN1CCN(c2c(Cl)cc(N)c3ccccc23)CC1.CN1CCN(c2c(Cl)cc([N+](=O)[O-])c3ccccc23)CC1.CN1CCN(c2ccc(N)c3ccccc23)CC1.CN1CCN(c2ccc([N+](=O)[O-])c3ccccc23)CC1.CNC.CNC.Cc1ccc([N+](=O)[O-])c2ccccc12. The lowest BCUT2D eigenvalue weighted by Crippen LogP contribution is -2.44. The molecule has 0 saturated carbocycles. The Morgan fingerprint density at radius 2 is 0.586 bits per heavy atom. The number of aryl methyl sites for hydroxylation is 1. The Labute approximate surface area is 674 Å². The third kappa shape index (κ3) is 28.8. The number of rotatable bonds is 7. The number of nitrogen functional groups attached to an aromatic ring is 2.